The largest absolute Gasteiger partial charge is 0.299 e. The lowest BCUT2D eigenvalue weighted by molar-refractivity contribution is -0.130. The van der Waals surface area contributed by atoms with Crippen molar-refractivity contribution in [2.24, 2.45) is 29.1 Å². The van der Waals surface area contributed by atoms with Crippen molar-refractivity contribution in [3.63, 3.8) is 0 Å². The molecule has 0 aromatic heterocycles. The topological polar surface area (TPSA) is 17.1 Å². The molecule has 0 bridgehead atoms. The van der Waals surface area contributed by atoms with Crippen LogP contribution in [-0.4, -0.2) is 5.78 Å². The first kappa shape index (κ1) is 13.1. The summed E-state index contributed by atoms with van der Waals surface area (Å²) in [6.07, 6.45) is 7.06. The zero-order valence-electron chi connectivity index (χ0n) is 12.0. The van der Waals surface area contributed by atoms with E-state index in [1.165, 1.54) is 25.7 Å². The van der Waals surface area contributed by atoms with Crippen molar-refractivity contribution in [3.05, 3.63) is 0 Å². The maximum absolute atomic E-state index is 12.1. The van der Waals surface area contributed by atoms with Crippen molar-refractivity contribution in [1.82, 2.24) is 0 Å². The number of carbonyl (C=O) groups is 1. The Morgan fingerprint density at radius 1 is 1.29 bits per heavy atom. The molecule has 1 heteroatoms. The lowest BCUT2D eigenvalue weighted by Crippen LogP contribution is -2.39. The second-order valence-corrected chi connectivity index (χ2v) is 7.17. The van der Waals surface area contributed by atoms with Crippen molar-refractivity contribution in [2.75, 3.05) is 0 Å². The monoisotopic (exact) mass is 236 g/mol. The number of fused-ring (bicyclic) bond motifs is 1. The minimum Gasteiger partial charge on any atom is -0.299 e. The van der Waals surface area contributed by atoms with Crippen molar-refractivity contribution in [3.8, 4) is 0 Å². The molecular weight excluding hydrogens is 208 g/mol. The van der Waals surface area contributed by atoms with Crippen LogP contribution in [0.2, 0.25) is 0 Å². The molecule has 0 N–H and O–H groups in total. The molecule has 2 aliphatic rings. The molecule has 0 saturated heterocycles. The van der Waals surface area contributed by atoms with E-state index in [0.29, 0.717) is 17.1 Å². The summed E-state index contributed by atoms with van der Waals surface area (Å²) in [4.78, 5) is 12.1. The summed E-state index contributed by atoms with van der Waals surface area (Å²) in [6, 6.07) is 0. The van der Waals surface area contributed by atoms with Gasteiger partial charge in [0.05, 0.1) is 0 Å². The van der Waals surface area contributed by atoms with Crippen molar-refractivity contribution >= 4 is 5.78 Å². The van der Waals surface area contributed by atoms with Crippen LogP contribution in [0.4, 0.5) is 0 Å². The number of carbonyl (C=O) groups excluding carboxylic acids is 1. The summed E-state index contributed by atoms with van der Waals surface area (Å²) in [7, 11) is 0. The second-order valence-electron chi connectivity index (χ2n) is 7.17. The molecule has 4 atom stereocenters. The molecule has 17 heavy (non-hydrogen) atoms. The Labute approximate surface area is 106 Å². The van der Waals surface area contributed by atoms with Crippen LogP contribution in [0.25, 0.3) is 0 Å². The van der Waals surface area contributed by atoms with Crippen LogP contribution in [0.1, 0.15) is 66.2 Å². The van der Waals surface area contributed by atoms with Gasteiger partial charge in [0.1, 0.15) is 5.78 Å². The first-order valence-corrected chi connectivity index (χ1v) is 7.48. The van der Waals surface area contributed by atoms with Crippen molar-refractivity contribution in [1.29, 1.82) is 0 Å². The van der Waals surface area contributed by atoms with E-state index in [1.807, 2.05) is 0 Å². The highest BCUT2D eigenvalue weighted by molar-refractivity contribution is 5.83. The normalized spacial score (nSPS) is 39.5. The summed E-state index contributed by atoms with van der Waals surface area (Å²) >= 11 is 0. The van der Waals surface area contributed by atoms with Crippen LogP contribution in [0.15, 0.2) is 0 Å². The molecule has 98 valence electrons. The Balaban J connectivity index is 2.12. The minimum absolute atomic E-state index is 0.337. The van der Waals surface area contributed by atoms with Gasteiger partial charge in [0.15, 0.2) is 0 Å². The highest BCUT2D eigenvalue weighted by atomic mass is 16.1. The molecule has 0 aromatic rings. The number of ketones is 1. The molecule has 0 amide bonds. The quantitative estimate of drug-likeness (QED) is 0.707. The van der Waals surface area contributed by atoms with E-state index in [2.05, 4.69) is 27.7 Å². The Bertz CT molecular complexity index is 294. The van der Waals surface area contributed by atoms with Gasteiger partial charge in [-0.2, -0.15) is 0 Å². The lowest BCUT2D eigenvalue weighted by atomic mass is 9.61. The summed E-state index contributed by atoms with van der Waals surface area (Å²) in [5.74, 6) is 3.33. The first-order valence-electron chi connectivity index (χ1n) is 7.48. The SMILES string of the molecule is CC(C)C[C@@H](C)[C@H]1CC[C@H]2C(=O)CCC[C@]12C. The van der Waals surface area contributed by atoms with Crippen molar-refractivity contribution < 1.29 is 4.79 Å². The van der Waals surface area contributed by atoms with Gasteiger partial charge < -0.3 is 0 Å². The predicted octanol–water partition coefficient (Wildman–Crippen LogP) is 4.45. The maximum Gasteiger partial charge on any atom is 0.136 e. The van der Waals surface area contributed by atoms with Gasteiger partial charge in [0.25, 0.3) is 0 Å². The fourth-order valence-electron chi connectivity index (χ4n) is 4.81. The third kappa shape index (κ3) is 2.30. The molecule has 0 spiro atoms. The molecule has 2 fully saturated rings. The van der Waals surface area contributed by atoms with Gasteiger partial charge in [-0.15, -0.1) is 0 Å². The molecule has 0 aliphatic heterocycles. The molecule has 0 heterocycles. The standard InChI is InChI=1S/C16H28O/c1-11(2)10-12(3)13-7-8-14-15(17)6-5-9-16(13,14)4/h11-14H,5-10H2,1-4H3/t12-,13-,14+,16-/m1/s1. The van der Waals surface area contributed by atoms with Gasteiger partial charge in [-0.1, -0.05) is 27.7 Å². The van der Waals surface area contributed by atoms with Crippen LogP contribution >= 0.6 is 0 Å². The molecule has 0 aromatic carbocycles. The molecular formula is C16H28O. The van der Waals surface area contributed by atoms with Crippen LogP contribution in [0.3, 0.4) is 0 Å². The highest BCUT2D eigenvalue weighted by Crippen LogP contribution is 2.57. The number of hydrogen-bond acceptors (Lipinski definition) is 1. The number of Topliss-reactive ketones (excluding diaryl/α,β-unsaturated/α-hetero) is 1. The second kappa shape index (κ2) is 4.74. The van der Waals surface area contributed by atoms with E-state index in [9.17, 15) is 4.79 Å². The summed E-state index contributed by atoms with van der Waals surface area (Å²) in [5.41, 5.74) is 0.337. The number of hydrogen-bond donors (Lipinski definition) is 0. The molecule has 0 radical (unpaired) electrons. The van der Waals surface area contributed by atoms with Gasteiger partial charge in [0, 0.05) is 12.3 Å². The van der Waals surface area contributed by atoms with E-state index >= 15 is 0 Å². The Morgan fingerprint density at radius 2 is 2.00 bits per heavy atom. The highest BCUT2D eigenvalue weighted by Gasteiger charge is 2.52. The predicted molar refractivity (Wildman–Crippen MR) is 71.8 cm³/mol. The van der Waals surface area contributed by atoms with E-state index in [0.717, 1.165) is 30.6 Å². The van der Waals surface area contributed by atoms with Gasteiger partial charge >= 0.3 is 0 Å². The third-order valence-corrected chi connectivity index (χ3v) is 5.47. The van der Waals surface area contributed by atoms with Crippen LogP contribution in [0.5, 0.6) is 0 Å². The lowest BCUT2D eigenvalue weighted by Gasteiger charge is -2.42. The molecule has 2 saturated carbocycles. The van der Waals surface area contributed by atoms with E-state index in [-0.39, 0.29) is 0 Å². The zero-order chi connectivity index (χ0) is 12.6. The van der Waals surface area contributed by atoms with Crippen LogP contribution < -0.4 is 0 Å². The maximum atomic E-state index is 12.1. The van der Waals surface area contributed by atoms with Gasteiger partial charge in [0.2, 0.25) is 0 Å². The third-order valence-electron chi connectivity index (χ3n) is 5.47. The van der Waals surface area contributed by atoms with E-state index < -0.39 is 0 Å². The summed E-state index contributed by atoms with van der Waals surface area (Å²) in [6.45, 7) is 9.45. The smallest absolute Gasteiger partial charge is 0.136 e. The first-order chi connectivity index (χ1) is 7.95. The summed E-state index contributed by atoms with van der Waals surface area (Å²) < 4.78 is 0. The van der Waals surface area contributed by atoms with Gasteiger partial charge in [-0.05, 0) is 55.3 Å². The average molecular weight is 236 g/mol. The van der Waals surface area contributed by atoms with Crippen molar-refractivity contribution in [2.45, 2.75) is 66.2 Å². The summed E-state index contributed by atoms with van der Waals surface area (Å²) in [5, 5.41) is 0. The Hall–Kier alpha value is -0.330. The van der Waals surface area contributed by atoms with E-state index in [1.54, 1.807) is 0 Å². The Morgan fingerprint density at radius 3 is 2.65 bits per heavy atom. The number of rotatable bonds is 3. The van der Waals surface area contributed by atoms with Crippen LogP contribution in [-0.2, 0) is 4.79 Å². The molecule has 2 aliphatic carbocycles. The van der Waals surface area contributed by atoms with Gasteiger partial charge in [-0.25, -0.2) is 0 Å². The van der Waals surface area contributed by atoms with Crippen LogP contribution in [0, 0.1) is 29.1 Å². The fraction of sp³-hybridized carbons (Fsp3) is 0.938. The van der Waals surface area contributed by atoms with Gasteiger partial charge in [-0.3, -0.25) is 4.79 Å². The average Bonchev–Trinajstić information content (AvgIpc) is 2.55. The molecule has 0 unspecified atom stereocenters. The minimum atomic E-state index is 0.337. The van der Waals surface area contributed by atoms with E-state index in [4.69, 9.17) is 0 Å². The molecule has 2 rings (SSSR count). The zero-order valence-corrected chi connectivity index (χ0v) is 12.0. The Kier molecular flexibility index (Phi) is 3.66. The fourth-order valence-corrected chi connectivity index (χ4v) is 4.81. The molecule has 1 nitrogen and oxygen atoms in total.